The zero-order valence-electron chi connectivity index (χ0n) is 13.2. The largest absolute Gasteiger partial charge is 0.388 e. The second-order valence-electron chi connectivity index (χ2n) is 5.74. The molecule has 0 aromatic carbocycles. The van der Waals surface area contributed by atoms with Crippen molar-refractivity contribution < 1.29 is 9.90 Å². The Morgan fingerprint density at radius 1 is 1.43 bits per heavy atom. The zero-order chi connectivity index (χ0) is 16.0. The molecular weight excluding hydrogens is 270 g/mol. The summed E-state index contributed by atoms with van der Waals surface area (Å²) in [7, 11) is 0. The highest BCUT2D eigenvalue weighted by molar-refractivity contribution is 5.76. The van der Waals surface area contributed by atoms with Crippen molar-refractivity contribution in [3.05, 3.63) is 27.4 Å². The molecule has 1 unspecified atom stereocenters. The Labute approximate surface area is 125 Å². The summed E-state index contributed by atoms with van der Waals surface area (Å²) in [6.45, 7) is 7.40. The van der Waals surface area contributed by atoms with Gasteiger partial charge in [-0.15, -0.1) is 0 Å². The highest BCUT2D eigenvalue weighted by Crippen LogP contribution is 2.10. The molecule has 118 valence electrons. The van der Waals surface area contributed by atoms with Crippen LogP contribution in [-0.2, 0) is 11.2 Å². The summed E-state index contributed by atoms with van der Waals surface area (Å²) in [5, 5.41) is 12.7. The van der Waals surface area contributed by atoms with E-state index in [1.165, 1.54) is 0 Å². The molecule has 1 aromatic heterocycles. The van der Waals surface area contributed by atoms with Gasteiger partial charge in [-0.2, -0.15) is 0 Å². The summed E-state index contributed by atoms with van der Waals surface area (Å²) in [4.78, 5) is 30.4. The van der Waals surface area contributed by atoms with Crippen LogP contribution < -0.4 is 10.9 Å². The second-order valence-corrected chi connectivity index (χ2v) is 5.74. The molecule has 0 saturated carbocycles. The third-order valence-corrected chi connectivity index (χ3v) is 3.40. The van der Waals surface area contributed by atoms with E-state index in [2.05, 4.69) is 15.3 Å². The summed E-state index contributed by atoms with van der Waals surface area (Å²) in [6, 6.07) is 0. The van der Waals surface area contributed by atoms with Gasteiger partial charge in [-0.25, -0.2) is 4.98 Å². The topological polar surface area (TPSA) is 95.1 Å². The zero-order valence-corrected chi connectivity index (χ0v) is 13.2. The molecule has 6 heteroatoms. The van der Waals surface area contributed by atoms with Crippen molar-refractivity contribution in [3.8, 4) is 0 Å². The van der Waals surface area contributed by atoms with Crippen LogP contribution in [0.5, 0.6) is 0 Å². The van der Waals surface area contributed by atoms with Gasteiger partial charge >= 0.3 is 0 Å². The van der Waals surface area contributed by atoms with Crippen LogP contribution in [0, 0.1) is 13.8 Å². The number of carbonyl (C=O) groups is 1. The number of aromatic nitrogens is 2. The monoisotopic (exact) mass is 295 g/mol. The smallest absolute Gasteiger partial charge is 0.254 e. The Hall–Kier alpha value is -1.69. The van der Waals surface area contributed by atoms with Crippen molar-refractivity contribution in [2.24, 2.45) is 0 Å². The second kappa shape index (κ2) is 7.36. The van der Waals surface area contributed by atoms with E-state index in [9.17, 15) is 14.7 Å². The number of aryl methyl sites for hydroxylation is 2. The molecule has 1 amide bonds. The Bertz CT molecular complexity index is 550. The van der Waals surface area contributed by atoms with E-state index in [0.29, 0.717) is 29.9 Å². The van der Waals surface area contributed by atoms with Crippen molar-refractivity contribution in [2.45, 2.75) is 59.0 Å². The summed E-state index contributed by atoms with van der Waals surface area (Å²) >= 11 is 0. The Morgan fingerprint density at radius 2 is 2.10 bits per heavy atom. The maximum atomic E-state index is 11.8. The van der Waals surface area contributed by atoms with Crippen molar-refractivity contribution in [2.75, 3.05) is 6.54 Å². The molecule has 0 bridgehead atoms. The molecule has 0 radical (unpaired) electrons. The van der Waals surface area contributed by atoms with Gasteiger partial charge < -0.3 is 15.4 Å². The molecular formula is C15H25N3O3. The van der Waals surface area contributed by atoms with Crippen molar-refractivity contribution in [1.29, 1.82) is 0 Å². The van der Waals surface area contributed by atoms with Crippen LogP contribution in [0.3, 0.4) is 0 Å². The number of aliphatic hydroxyl groups is 1. The molecule has 0 aliphatic rings. The molecule has 0 aliphatic carbocycles. The van der Waals surface area contributed by atoms with Crippen LogP contribution in [0.1, 0.15) is 50.2 Å². The lowest BCUT2D eigenvalue weighted by atomic mass is 10.0. The van der Waals surface area contributed by atoms with E-state index < -0.39 is 5.60 Å². The minimum Gasteiger partial charge on any atom is -0.388 e. The van der Waals surface area contributed by atoms with E-state index in [1.54, 1.807) is 20.8 Å². The SMILES string of the molecule is CCCC(C)(O)CNC(=O)CCc1c(C)nc(C)[nH]c1=O. The van der Waals surface area contributed by atoms with Gasteiger partial charge in [0.05, 0.1) is 5.60 Å². The van der Waals surface area contributed by atoms with Crippen LogP contribution in [0.15, 0.2) is 4.79 Å². The molecule has 1 rings (SSSR count). The lowest BCUT2D eigenvalue weighted by molar-refractivity contribution is -0.122. The third-order valence-electron chi connectivity index (χ3n) is 3.40. The van der Waals surface area contributed by atoms with Gasteiger partial charge in [0.1, 0.15) is 5.82 Å². The van der Waals surface area contributed by atoms with Crippen LogP contribution >= 0.6 is 0 Å². The predicted octanol–water partition coefficient (Wildman–Crippen LogP) is 0.987. The summed E-state index contributed by atoms with van der Waals surface area (Å²) in [6.07, 6.45) is 2.04. The minimum atomic E-state index is -0.886. The Morgan fingerprint density at radius 3 is 2.67 bits per heavy atom. The number of hydrogen-bond acceptors (Lipinski definition) is 4. The van der Waals surface area contributed by atoms with E-state index in [4.69, 9.17) is 0 Å². The summed E-state index contributed by atoms with van der Waals surface area (Å²) in [5.74, 6) is 0.395. The molecule has 0 aliphatic heterocycles. The average molecular weight is 295 g/mol. The number of nitrogens with zero attached hydrogens (tertiary/aromatic N) is 1. The molecule has 1 heterocycles. The molecule has 1 aromatic rings. The number of hydrogen-bond donors (Lipinski definition) is 3. The predicted molar refractivity (Wildman–Crippen MR) is 81.2 cm³/mol. The lowest BCUT2D eigenvalue weighted by Gasteiger charge is -2.22. The summed E-state index contributed by atoms with van der Waals surface area (Å²) < 4.78 is 0. The van der Waals surface area contributed by atoms with Crippen LogP contribution in [0.4, 0.5) is 0 Å². The molecule has 1 atom stereocenters. The standard InChI is InChI=1S/C15H25N3O3/c1-5-8-15(4,21)9-16-13(19)7-6-12-10(2)17-11(3)18-14(12)20/h21H,5-9H2,1-4H3,(H,16,19)(H,17,18,20). The van der Waals surface area contributed by atoms with Gasteiger partial charge in [0.15, 0.2) is 0 Å². The van der Waals surface area contributed by atoms with E-state index >= 15 is 0 Å². The lowest BCUT2D eigenvalue weighted by Crippen LogP contribution is -2.40. The fraction of sp³-hybridized carbons (Fsp3) is 0.667. The fourth-order valence-corrected chi connectivity index (χ4v) is 2.29. The van der Waals surface area contributed by atoms with Crippen LogP contribution in [-0.4, -0.2) is 33.1 Å². The van der Waals surface area contributed by atoms with Gasteiger partial charge in [0.2, 0.25) is 5.91 Å². The van der Waals surface area contributed by atoms with Gasteiger partial charge in [-0.1, -0.05) is 13.3 Å². The fourth-order valence-electron chi connectivity index (χ4n) is 2.29. The summed E-state index contributed by atoms with van der Waals surface area (Å²) in [5.41, 5.74) is 0.118. The van der Waals surface area contributed by atoms with E-state index in [0.717, 1.165) is 6.42 Å². The maximum Gasteiger partial charge on any atom is 0.254 e. The number of rotatable bonds is 7. The molecule has 0 saturated heterocycles. The first-order chi connectivity index (χ1) is 9.75. The normalized spacial score (nSPS) is 13.8. The van der Waals surface area contributed by atoms with Gasteiger partial charge in [-0.3, -0.25) is 9.59 Å². The first kappa shape index (κ1) is 17.4. The number of aromatic amines is 1. The highest BCUT2D eigenvalue weighted by Gasteiger charge is 2.20. The van der Waals surface area contributed by atoms with Crippen LogP contribution in [0.2, 0.25) is 0 Å². The van der Waals surface area contributed by atoms with Gasteiger partial charge in [-0.05, 0) is 33.6 Å². The van der Waals surface area contributed by atoms with Crippen molar-refractivity contribution >= 4 is 5.91 Å². The van der Waals surface area contributed by atoms with Crippen LogP contribution in [0.25, 0.3) is 0 Å². The van der Waals surface area contributed by atoms with E-state index in [1.807, 2.05) is 6.92 Å². The molecule has 0 fully saturated rings. The molecule has 6 nitrogen and oxygen atoms in total. The quantitative estimate of drug-likeness (QED) is 0.699. The minimum absolute atomic E-state index is 0.175. The number of carbonyl (C=O) groups excluding carboxylic acids is 1. The molecule has 21 heavy (non-hydrogen) atoms. The number of amides is 1. The van der Waals surface area contributed by atoms with E-state index in [-0.39, 0.29) is 24.4 Å². The Kier molecular flexibility index (Phi) is 6.08. The Balaban J connectivity index is 2.53. The maximum absolute atomic E-state index is 11.8. The first-order valence-electron chi connectivity index (χ1n) is 7.30. The van der Waals surface area contributed by atoms with Crippen molar-refractivity contribution in [1.82, 2.24) is 15.3 Å². The molecule has 0 spiro atoms. The number of H-pyrrole nitrogens is 1. The average Bonchev–Trinajstić information content (AvgIpc) is 2.35. The van der Waals surface area contributed by atoms with Gasteiger partial charge in [0, 0.05) is 24.2 Å². The highest BCUT2D eigenvalue weighted by atomic mass is 16.3. The first-order valence-corrected chi connectivity index (χ1v) is 7.30. The number of nitrogens with one attached hydrogen (secondary N) is 2. The van der Waals surface area contributed by atoms with Crippen molar-refractivity contribution in [3.63, 3.8) is 0 Å². The van der Waals surface area contributed by atoms with Gasteiger partial charge in [0.25, 0.3) is 5.56 Å². The third kappa shape index (κ3) is 5.67. The molecule has 3 N–H and O–H groups in total.